The first-order chi connectivity index (χ1) is 17.1. The number of sulfone groups is 1. The number of amides is 2. The van der Waals surface area contributed by atoms with Crippen molar-refractivity contribution >= 4 is 44.2 Å². The number of fused-ring (bicyclic) bond motifs is 1. The molecule has 198 valence electrons. The Kier molecular flexibility index (Phi) is 8.32. The molecule has 10 heteroatoms. The number of likely N-dealkylation sites (tertiary alicyclic amines) is 1. The summed E-state index contributed by atoms with van der Waals surface area (Å²) in [5, 5.41) is 7.09. The summed E-state index contributed by atoms with van der Waals surface area (Å²) in [7, 11) is -1.72. The third-order valence-corrected chi connectivity index (χ3v) is 9.14. The summed E-state index contributed by atoms with van der Waals surface area (Å²) >= 11 is 6.17. The number of nitrogens with zero attached hydrogens (tertiary/aromatic N) is 2. The summed E-state index contributed by atoms with van der Waals surface area (Å²) in [6.07, 6.45) is 9.73. The fraction of sp³-hybridized carbons (Fsp3) is 0.615. The second-order valence-electron chi connectivity index (χ2n) is 10.3. The highest BCUT2D eigenvalue weighted by Crippen LogP contribution is 2.32. The number of benzene rings is 1. The molecule has 1 aliphatic carbocycles. The van der Waals surface area contributed by atoms with Gasteiger partial charge in [0.1, 0.15) is 6.04 Å². The number of likely N-dealkylation sites (N-methyl/N-ethyl adjacent to an activating group) is 1. The van der Waals surface area contributed by atoms with E-state index in [-0.39, 0.29) is 34.7 Å². The highest BCUT2D eigenvalue weighted by atomic mass is 35.5. The number of halogens is 1. The second-order valence-corrected chi connectivity index (χ2v) is 12.7. The van der Waals surface area contributed by atoms with Crippen molar-refractivity contribution in [2.45, 2.75) is 81.4 Å². The van der Waals surface area contributed by atoms with E-state index in [2.05, 4.69) is 10.6 Å². The van der Waals surface area contributed by atoms with Crippen LogP contribution in [0.4, 0.5) is 0 Å². The van der Waals surface area contributed by atoms with E-state index in [9.17, 15) is 18.0 Å². The largest absolute Gasteiger partial charge is 0.344 e. The minimum absolute atomic E-state index is 0.0242. The molecule has 2 fully saturated rings. The van der Waals surface area contributed by atoms with E-state index in [1.54, 1.807) is 32.3 Å². The highest BCUT2D eigenvalue weighted by molar-refractivity contribution is 7.91. The molecule has 1 aromatic carbocycles. The molecule has 0 radical (unpaired) electrons. The predicted octanol–water partition coefficient (Wildman–Crippen LogP) is 3.36. The molecule has 2 aliphatic rings. The zero-order chi connectivity index (χ0) is 26.0. The van der Waals surface area contributed by atoms with Crippen molar-refractivity contribution in [3.8, 4) is 0 Å². The average molecular weight is 537 g/mol. The van der Waals surface area contributed by atoms with E-state index in [0.717, 1.165) is 50.5 Å². The topological polar surface area (TPSA) is 101 Å². The maximum Gasteiger partial charge on any atom is 0.245 e. The monoisotopic (exact) mass is 536 g/mol. The Morgan fingerprint density at radius 3 is 2.53 bits per heavy atom. The summed E-state index contributed by atoms with van der Waals surface area (Å²) in [5.74, 6) is -0.0564. The summed E-state index contributed by atoms with van der Waals surface area (Å²) < 4.78 is 26.8. The van der Waals surface area contributed by atoms with E-state index >= 15 is 0 Å². The Morgan fingerprint density at radius 2 is 1.86 bits per heavy atom. The van der Waals surface area contributed by atoms with Gasteiger partial charge >= 0.3 is 0 Å². The fourth-order valence-electron chi connectivity index (χ4n) is 5.66. The zero-order valence-electron chi connectivity index (χ0n) is 21.3. The molecule has 8 nitrogen and oxygen atoms in total. The van der Waals surface area contributed by atoms with Gasteiger partial charge in [-0.25, -0.2) is 8.42 Å². The standard InChI is InChI=1S/C26H37ClN4O4S/c1-17(28-2)25(32)29-24(18-8-5-4-6-9-18)26(33)31-13-7-10-20(31)15-30-16-23(36(3,34)35)21-14-19(27)11-12-22(21)30/h11-12,14,16-18,20,24,28H,4-10,13,15H2,1-3H3,(H,29,32)/t17-,20-,24-/m0/s1. The Labute approximate surface area is 218 Å². The number of carbonyl (C=O) groups excluding carboxylic acids is 2. The quantitative estimate of drug-likeness (QED) is 0.539. The predicted molar refractivity (Wildman–Crippen MR) is 142 cm³/mol. The van der Waals surface area contributed by atoms with Crippen molar-refractivity contribution in [1.29, 1.82) is 0 Å². The summed E-state index contributed by atoms with van der Waals surface area (Å²) in [6.45, 7) is 2.91. The van der Waals surface area contributed by atoms with E-state index in [1.165, 1.54) is 6.26 Å². The molecule has 1 saturated heterocycles. The molecular weight excluding hydrogens is 500 g/mol. The van der Waals surface area contributed by atoms with Crippen molar-refractivity contribution in [1.82, 2.24) is 20.1 Å². The van der Waals surface area contributed by atoms with Crippen LogP contribution in [-0.4, -0.2) is 67.7 Å². The van der Waals surface area contributed by atoms with E-state index in [1.807, 2.05) is 15.5 Å². The Balaban J connectivity index is 1.61. The Bertz CT molecular complexity index is 1220. The third-order valence-electron chi connectivity index (χ3n) is 7.79. The molecule has 3 atom stereocenters. The van der Waals surface area contributed by atoms with Crippen molar-refractivity contribution in [3.05, 3.63) is 29.4 Å². The molecular formula is C26H37ClN4O4S. The molecule has 4 rings (SSSR count). The molecule has 1 saturated carbocycles. The maximum absolute atomic E-state index is 13.9. The van der Waals surface area contributed by atoms with Gasteiger partial charge in [0, 0.05) is 47.5 Å². The number of rotatable bonds is 8. The SMILES string of the molecule is CN[C@@H](C)C(=O)N[C@H](C(=O)N1CCC[C@H]1Cn1cc(S(C)(=O)=O)c2cc(Cl)ccc21)C1CCCCC1. The van der Waals surface area contributed by atoms with Crippen LogP contribution in [0.3, 0.4) is 0 Å². The van der Waals surface area contributed by atoms with E-state index in [4.69, 9.17) is 11.6 Å². The molecule has 36 heavy (non-hydrogen) atoms. The van der Waals surface area contributed by atoms with E-state index < -0.39 is 15.9 Å². The first-order valence-electron chi connectivity index (χ1n) is 12.9. The van der Waals surface area contributed by atoms with E-state index in [0.29, 0.717) is 23.5 Å². The minimum Gasteiger partial charge on any atom is -0.344 e. The van der Waals surface area contributed by atoms with Gasteiger partial charge in [-0.1, -0.05) is 30.9 Å². The number of hydrogen-bond acceptors (Lipinski definition) is 5. The number of nitrogens with one attached hydrogen (secondary N) is 2. The van der Waals surface area contributed by atoms with Gasteiger partial charge in [0.05, 0.1) is 10.9 Å². The summed E-state index contributed by atoms with van der Waals surface area (Å²) in [5.41, 5.74) is 0.777. The first-order valence-corrected chi connectivity index (χ1v) is 15.1. The second kappa shape index (κ2) is 11.1. The van der Waals surface area contributed by atoms with Crippen molar-refractivity contribution in [2.75, 3.05) is 19.8 Å². The molecule has 1 aromatic heterocycles. The molecule has 2 aromatic rings. The lowest BCUT2D eigenvalue weighted by Crippen LogP contribution is -2.56. The molecule has 0 bridgehead atoms. The van der Waals surface area contributed by atoms with Crippen LogP contribution in [0.15, 0.2) is 29.3 Å². The van der Waals surface area contributed by atoms with Gasteiger partial charge in [-0.15, -0.1) is 0 Å². The van der Waals surface area contributed by atoms with Crippen molar-refractivity contribution in [3.63, 3.8) is 0 Å². The van der Waals surface area contributed by atoms with Crippen LogP contribution in [0, 0.1) is 5.92 Å². The lowest BCUT2D eigenvalue weighted by molar-refractivity contribution is -0.139. The average Bonchev–Trinajstić information content (AvgIpc) is 3.46. The zero-order valence-corrected chi connectivity index (χ0v) is 22.9. The lowest BCUT2D eigenvalue weighted by atomic mass is 9.83. The van der Waals surface area contributed by atoms with Crippen molar-refractivity contribution < 1.29 is 18.0 Å². The molecule has 0 spiro atoms. The van der Waals surface area contributed by atoms with Crippen LogP contribution in [0.2, 0.25) is 5.02 Å². The van der Waals surface area contributed by atoms with Gasteiger partial charge < -0.3 is 20.1 Å². The minimum atomic E-state index is -3.45. The van der Waals surface area contributed by atoms with Gasteiger partial charge in [0.2, 0.25) is 11.8 Å². The van der Waals surface area contributed by atoms with Crippen LogP contribution in [0.5, 0.6) is 0 Å². The van der Waals surface area contributed by atoms with Gasteiger partial charge in [-0.3, -0.25) is 9.59 Å². The maximum atomic E-state index is 13.9. The molecule has 2 amide bonds. The highest BCUT2D eigenvalue weighted by Gasteiger charge is 2.39. The van der Waals surface area contributed by atoms with Crippen LogP contribution in [-0.2, 0) is 26.0 Å². The van der Waals surface area contributed by atoms with Crippen LogP contribution < -0.4 is 10.6 Å². The molecule has 1 aliphatic heterocycles. The van der Waals surface area contributed by atoms with Gasteiger partial charge in [0.15, 0.2) is 9.84 Å². The number of hydrogen-bond donors (Lipinski definition) is 2. The third kappa shape index (κ3) is 5.73. The molecule has 2 N–H and O–H groups in total. The Hall–Kier alpha value is -2.10. The van der Waals surface area contributed by atoms with Gasteiger partial charge in [-0.2, -0.15) is 0 Å². The smallest absolute Gasteiger partial charge is 0.245 e. The summed E-state index contributed by atoms with van der Waals surface area (Å²) in [6, 6.07) is 4.26. The van der Waals surface area contributed by atoms with Crippen molar-refractivity contribution in [2.24, 2.45) is 5.92 Å². The first kappa shape index (κ1) is 26.9. The molecule has 0 unspecified atom stereocenters. The molecule has 2 heterocycles. The van der Waals surface area contributed by atoms with Gasteiger partial charge in [-0.05, 0) is 63.8 Å². The normalized spacial score (nSPS) is 21.0. The van der Waals surface area contributed by atoms with Crippen LogP contribution in [0.1, 0.15) is 51.9 Å². The van der Waals surface area contributed by atoms with Crippen LogP contribution >= 0.6 is 11.6 Å². The Morgan fingerprint density at radius 1 is 1.14 bits per heavy atom. The number of aromatic nitrogens is 1. The fourth-order valence-corrected chi connectivity index (χ4v) is 6.72. The lowest BCUT2D eigenvalue weighted by Gasteiger charge is -2.35. The van der Waals surface area contributed by atoms with Crippen LogP contribution in [0.25, 0.3) is 10.9 Å². The number of carbonyl (C=O) groups is 2. The summed E-state index contributed by atoms with van der Waals surface area (Å²) in [4.78, 5) is 28.9. The van der Waals surface area contributed by atoms with Gasteiger partial charge in [0.25, 0.3) is 0 Å².